The molecule has 0 bridgehead atoms. The smallest absolute Gasteiger partial charge is 0.161 e. The molecule has 6 unspecified atom stereocenters. The Labute approximate surface area is 132 Å². The Kier molecular flexibility index (Phi) is 3.34. The van der Waals surface area contributed by atoms with E-state index in [9.17, 15) is 9.59 Å². The lowest BCUT2D eigenvalue weighted by molar-refractivity contribution is -0.137. The number of carbonyl (C=O) groups is 2. The molecule has 1 saturated heterocycles. The van der Waals surface area contributed by atoms with Gasteiger partial charge in [-0.15, -0.1) is 0 Å². The van der Waals surface area contributed by atoms with Crippen LogP contribution >= 0.6 is 0 Å². The van der Waals surface area contributed by atoms with Crippen LogP contribution in [0.4, 0.5) is 0 Å². The van der Waals surface area contributed by atoms with E-state index in [1.165, 1.54) is 0 Å². The standard InChI is InChI=1S/C19H26O3/c1-11-12-8-9-19(2)15(13(12)6-7-16(11)20)10-18(22-19)14-4-3-5-17(14)21/h4,11-13,15,18H,3,5-10H2,1-2H3. The van der Waals surface area contributed by atoms with Gasteiger partial charge in [-0.3, -0.25) is 9.59 Å². The maximum Gasteiger partial charge on any atom is 0.161 e. The number of fused-ring (bicyclic) bond motifs is 3. The maximum atomic E-state index is 12.1. The summed E-state index contributed by atoms with van der Waals surface area (Å²) in [6.45, 7) is 4.37. The predicted octanol–water partition coefficient (Wildman–Crippen LogP) is 3.46. The van der Waals surface area contributed by atoms with Crippen molar-refractivity contribution in [3.8, 4) is 0 Å². The summed E-state index contributed by atoms with van der Waals surface area (Å²) in [4.78, 5) is 24.1. The molecule has 6 atom stereocenters. The Morgan fingerprint density at radius 3 is 2.73 bits per heavy atom. The molecule has 3 fully saturated rings. The van der Waals surface area contributed by atoms with Gasteiger partial charge in [-0.05, 0) is 56.8 Å². The third-order valence-electron chi connectivity index (χ3n) is 6.98. The molecule has 0 aromatic carbocycles. The average Bonchev–Trinajstić information content (AvgIpc) is 3.05. The van der Waals surface area contributed by atoms with Crippen LogP contribution in [0.15, 0.2) is 11.6 Å². The number of rotatable bonds is 1. The van der Waals surface area contributed by atoms with Crippen LogP contribution < -0.4 is 0 Å². The Balaban J connectivity index is 1.59. The van der Waals surface area contributed by atoms with Gasteiger partial charge in [0.15, 0.2) is 5.78 Å². The van der Waals surface area contributed by atoms with Gasteiger partial charge in [0.05, 0.1) is 11.7 Å². The number of allylic oxidation sites excluding steroid dienone is 1. The first-order valence-electron chi connectivity index (χ1n) is 8.93. The van der Waals surface area contributed by atoms with E-state index in [2.05, 4.69) is 19.9 Å². The van der Waals surface area contributed by atoms with E-state index in [0.717, 1.165) is 44.1 Å². The molecular weight excluding hydrogens is 276 g/mol. The molecule has 0 radical (unpaired) electrons. The van der Waals surface area contributed by atoms with Crippen molar-refractivity contribution in [3.05, 3.63) is 11.6 Å². The van der Waals surface area contributed by atoms with Gasteiger partial charge in [0.1, 0.15) is 5.78 Å². The topological polar surface area (TPSA) is 43.4 Å². The summed E-state index contributed by atoms with van der Waals surface area (Å²) in [5.41, 5.74) is 0.849. The first kappa shape index (κ1) is 14.6. The van der Waals surface area contributed by atoms with Crippen molar-refractivity contribution < 1.29 is 14.3 Å². The van der Waals surface area contributed by atoms with Gasteiger partial charge in [-0.2, -0.15) is 0 Å². The highest BCUT2D eigenvalue weighted by Crippen LogP contribution is 2.56. The number of Topliss-reactive ketones (excluding diaryl/α,β-unsaturated/α-hetero) is 2. The van der Waals surface area contributed by atoms with E-state index in [-0.39, 0.29) is 23.4 Å². The molecule has 4 aliphatic rings. The molecule has 3 nitrogen and oxygen atoms in total. The van der Waals surface area contributed by atoms with Crippen molar-refractivity contribution in [3.63, 3.8) is 0 Å². The monoisotopic (exact) mass is 302 g/mol. The van der Waals surface area contributed by atoms with Crippen LogP contribution in [0.3, 0.4) is 0 Å². The molecule has 1 aliphatic heterocycles. The minimum absolute atomic E-state index is 0.0108. The van der Waals surface area contributed by atoms with Crippen LogP contribution in [0.5, 0.6) is 0 Å². The highest BCUT2D eigenvalue weighted by molar-refractivity contribution is 5.98. The zero-order chi connectivity index (χ0) is 15.5. The summed E-state index contributed by atoms with van der Waals surface area (Å²) in [6.07, 6.45) is 8.53. The summed E-state index contributed by atoms with van der Waals surface area (Å²) in [5, 5.41) is 0. The molecule has 3 aliphatic carbocycles. The fourth-order valence-corrected chi connectivity index (χ4v) is 5.71. The predicted molar refractivity (Wildman–Crippen MR) is 83.3 cm³/mol. The lowest BCUT2D eigenvalue weighted by Gasteiger charge is -2.49. The SMILES string of the molecule is CC1C(=O)CCC2C1CCC1(C)OC(C3=CCCC3=O)CC21. The molecule has 4 rings (SSSR count). The molecule has 3 heteroatoms. The Hall–Kier alpha value is -0.960. The minimum atomic E-state index is -0.0876. The summed E-state index contributed by atoms with van der Waals surface area (Å²) in [5.74, 6) is 2.62. The quantitative estimate of drug-likeness (QED) is 0.745. The molecule has 1 heterocycles. The van der Waals surface area contributed by atoms with Gasteiger partial charge in [-0.25, -0.2) is 0 Å². The van der Waals surface area contributed by atoms with Gasteiger partial charge in [-0.1, -0.05) is 13.0 Å². The van der Waals surface area contributed by atoms with Crippen LogP contribution in [0.25, 0.3) is 0 Å². The molecule has 0 aromatic heterocycles. The van der Waals surface area contributed by atoms with Crippen LogP contribution in [-0.4, -0.2) is 23.3 Å². The molecule has 0 amide bonds. The highest BCUT2D eigenvalue weighted by atomic mass is 16.5. The molecule has 2 saturated carbocycles. The molecular formula is C19H26O3. The van der Waals surface area contributed by atoms with Crippen molar-refractivity contribution in [2.75, 3.05) is 0 Å². The first-order chi connectivity index (χ1) is 10.5. The Bertz CT molecular complexity index is 549. The summed E-state index contributed by atoms with van der Waals surface area (Å²) >= 11 is 0. The van der Waals surface area contributed by atoms with Gasteiger partial charge in [0.25, 0.3) is 0 Å². The number of carbonyl (C=O) groups excluding carboxylic acids is 2. The third-order valence-corrected chi connectivity index (χ3v) is 6.98. The largest absolute Gasteiger partial charge is 0.367 e. The maximum absolute atomic E-state index is 12.1. The van der Waals surface area contributed by atoms with Crippen LogP contribution in [0.1, 0.15) is 58.8 Å². The summed E-state index contributed by atoms with van der Waals surface area (Å²) in [6, 6.07) is 0. The third kappa shape index (κ3) is 2.05. The second-order valence-electron chi connectivity index (χ2n) is 8.04. The molecule has 22 heavy (non-hydrogen) atoms. The van der Waals surface area contributed by atoms with Crippen LogP contribution in [0.2, 0.25) is 0 Å². The van der Waals surface area contributed by atoms with Crippen LogP contribution in [-0.2, 0) is 14.3 Å². The molecule has 0 aromatic rings. The second-order valence-corrected chi connectivity index (χ2v) is 8.04. The van der Waals surface area contributed by atoms with Crippen molar-refractivity contribution in [1.29, 1.82) is 0 Å². The molecule has 0 spiro atoms. The van der Waals surface area contributed by atoms with Crippen LogP contribution in [0, 0.1) is 23.7 Å². The van der Waals surface area contributed by atoms with E-state index in [1.807, 2.05) is 0 Å². The fourth-order valence-electron chi connectivity index (χ4n) is 5.71. The molecule has 120 valence electrons. The second kappa shape index (κ2) is 5.02. The highest BCUT2D eigenvalue weighted by Gasteiger charge is 2.56. The van der Waals surface area contributed by atoms with E-state index in [1.54, 1.807) is 0 Å². The number of ketones is 2. The van der Waals surface area contributed by atoms with Crippen molar-refractivity contribution in [2.24, 2.45) is 23.7 Å². The van der Waals surface area contributed by atoms with E-state index in [0.29, 0.717) is 30.0 Å². The lowest BCUT2D eigenvalue weighted by Crippen LogP contribution is -2.48. The molecule has 0 N–H and O–H groups in total. The van der Waals surface area contributed by atoms with Gasteiger partial charge < -0.3 is 4.74 Å². The van der Waals surface area contributed by atoms with Gasteiger partial charge in [0.2, 0.25) is 0 Å². The fraction of sp³-hybridized carbons (Fsp3) is 0.789. The number of hydrogen-bond acceptors (Lipinski definition) is 3. The van der Waals surface area contributed by atoms with Gasteiger partial charge in [0, 0.05) is 24.3 Å². The normalized spacial score (nSPS) is 48.1. The zero-order valence-electron chi connectivity index (χ0n) is 13.6. The van der Waals surface area contributed by atoms with E-state index >= 15 is 0 Å². The van der Waals surface area contributed by atoms with Gasteiger partial charge >= 0.3 is 0 Å². The summed E-state index contributed by atoms with van der Waals surface area (Å²) in [7, 11) is 0. The zero-order valence-corrected chi connectivity index (χ0v) is 13.6. The first-order valence-corrected chi connectivity index (χ1v) is 8.93. The average molecular weight is 302 g/mol. The van der Waals surface area contributed by atoms with Crippen molar-refractivity contribution >= 4 is 11.6 Å². The van der Waals surface area contributed by atoms with E-state index in [4.69, 9.17) is 4.74 Å². The lowest BCUT2D eigenvalue weighted by atomic mass is 9.57. The Morgan fingerprint density at radius 2 is 2.00 bits per heavy atom. The van der Waals surface area contributed by atoms with Crippen molar-refractivity contribution in [1.82, 2.24) is 0 Å². The summed E-state index contributed by atoms with van der Waals surface area (Å²) < 4.78 is 6.44. The number of ether oxygens (including phenoxy) is 1. The van der Waals surface area contributed by atoms with E-state index < -0.39 is 0 Å². The minimum Gasteiger partial charge on any atom is -0.367 e. The van der Waals surface area contributed by atoms with Crippen molar-refractivity contribution in [2.45, 2.75) is 70.5 Å². The number of hydrogen-bond donors (Lipinski definition) is 0. The Morgan fingerprint density at radius 1 is 1.18 bits per heavy atom.